The minimum atomic E-state index is -0.605. The molecule has 3 N–H and O–H groups in total. The molecule has 0 saturated carbocycles. The first-order valence-electron chi connectivity index (χ1n) is 7.20. The highest BCUT2D eigenvalue weighted by molar-refractivity contribution is 7.20. The van der Waals surface area contributed by atoms with Gasteiger partial charge in [-0.2, -0.15) is 0 Å². The van der Waals surface area contributed by atoms with Crippen molar-refractivity contribution in [1.29, 1.82) is 0 Å². The van der Waals surface area contributed by atoms with Crippen LogP contribution in [0.3, 0.4) is 0 Å². The zero-order chi connectivity index (χ0) is 18.1. The fourth-order valence-electron chi connectivity index (χ4n) is 2.40. The van der Waals surface area contributed by atoms with E-state index in [0.717, 1.165) is 11.3 Å². The molecule has 0 fully saturated rings. The van der Waals surface area contributed by atoms with Gasteiger partial charge in [0.1, 0.15) is 11.4 Å². The highest BCUT2D eigenvalue weighted by Gasteiger charge is 2.18. The number of aryl methyl sites for hydroxylation is 1. The number of carbonyl (C=O) groups is 2. The molecule has 0 bridgehead atoms. The quantitative estimate of drug-likeness (QED) is 0.727. The molecule has 0 spiro atoms. The molecule has 2 heterocycles. The second kappa shape index (κ2) is 6.66. The van der Waals surface area contributed by atoms with E-state index in [0.29, 0.717) is 31.4 Å². The van der Waals surface area contributed by atoms with E-state index in [-0.39, 0.29) is 12.5 Å². The molecule has 0 atom stereocenters. The maximum absolute atomic E-state index is 12.6. The Balaban J connectivity index is 1.88. The van der Waals surface area contributed by atoms with Crippen LogP contribution < -0.4 is 16.6 Å². The number of anilines is 1. The van der Waals surface area contributed by atoms with Crippen LogP contribution in [0.15, 0.2) is 35.4 Å². The minimum absolute atomic E-state index is 0.203. The van der Waals surface area contributed by atoms with Crippen molar-refractivity contribution in [1.82, 2.24) is 9.55 Å². The van der Waals surface area contributed by atoms with E-state index in [1.165, 1.54) is 10.9 Å². The summed E-state index contributed by atoms with van der Waals surface area (Å²) in [4.78, 5) is 41.0. The van der Waals surface area contributed by atoms with Gasteiger partial charge in [-0.15, -0.1) is 11.3 Å². The molecule has 1 aromatic carbocycles. The summed E-state index contributed by atoms with van der Waals surface area (Å²) in [5, 5.41) is 3.54. The van der Waals surface area contributed by atoms with Crippen molar-refractivity contribution in [2.45, 2.75) is 13.5 Å². The number of nitrogens with two attached hydrogens (primary N) is 1. The van der Waals surface area contributed by atoms with Crippen LogP contribution in [0.1, 0.15) is 15.2 Å². The largest absolute Gasteiger partial charge is 0.365 e. The fraction of sp³-hybridized carbons (Fsp3) is 0.125. The van der Waals surface area contributed by atoms with E-state index >= 15 is 0 Å². The molecule has 0 aliphatic rings. The molecule has 0 aliphatic heterocycles. The van der Waals surface area contributed by atoms with Gasteiger partial charge < -0.3 is 11.1 Å². The van der Waals surface area contributed by atoms with Crippen molar-refractivity contribution >= 4 is 50.7 Å². The second-order valence-corrected chi connectivity index (χ2v) is 6.77. The van der Waals surface area contributed by atoms with Crippen LogP contribution in [-0.2, 0) is 11.3 Å². The summed E-state index contributed by atoms with van der Waals surface area (Å²) in [6, 6.07) is 6.62. The average Bonchev–Trinajstić information content (AvgIpc) is 2.90. The Kier molecular flexibility index (Phi) is 4.56. The molecule has 0 radical (unpaired) electrons. The first-order chi connectivity index (χ1) is 11.9. The number of halogens is 1. The number of nitrogens with one attached hydrogen (secondary N) is 1. The van der Waals surface area contributed by atoms with Gasteiger partial charge in [-0.25, -0.2) is 4.98 Å². The summed E-state index contributed by atoms with van der Waals surface area (Å²) in [6.45, 7) is 1.44. The number of primary amides is 1. The number of fused-ring (bicyclic) bond motifs is 1. The molecular formula is C16H13ClN4O3S. The number of aromatic nitrogens is 2. The Hall–Kier alpha value is -2.71. The second-order valence-electron chi connectivity index (χ2n) is 5.33. The Morgan fingerprint density at radius 2 is 2.00 bits per heavy atom. The summed E-state index contributed by atoms with van der Waals surface area (Å²) in [5.74, 6) is -0.986. The zero-order valence-corrected chi connectivity index (χ0v) is 14.6. The topological polar surface area (TPSA) is 107 Å². The van der Waals surface area contributed by atoms with Gasteiger partial charge in [0, 0.05) is 10.7 Å². The molecule has 128 valence electrons. The van der Waals surface area contributed by atoms with Gasteiger partial charge in [0.2, 0.25) is 5.91 Å². The molecule has 3 aromatic rings. The van der Waals surface area contributed by atoms with Crippen molar-refractivity contribution in [3.63, 3.8) is 0 Å². The molecule has 7 nitrogen and oxygen atoms in total. The third kappa shape index (κ3) is 3.40. The van der Waals surface area contributed by atoms with Gasteiger partial charge in [-0.1, -0.05) is 11.6 Å². The summed E-state index contributed by atoms with van der Waals surface area (Å²) in [7, 11) is 0. The Morgan fingerprint density at radius 1 is 1.32 bits per heavy atom. The molecule has 0 saturated heterocycles. The molecule has 2 amide bonds. The lowest BCUT2D eigenvalue weighted by atomic mass is 10.2. The number of amides is 2. The third-order valence-electron chi connectivity index (χ3n) is 3.58. The SMILES string of the molecule is Cc1c(C(N)=O)sc2ncn(CC(=O)Nc3ccc(Cl)cc3)c(=O)c12. The molecule has 0 unspecified atom stereocenters. The van der Waals surface area contributed by atoms with E-state index < -0.39 is 11.5 Å². The van der Waals surface area contributed by atoms with Crippen LogP contribution in [-0.4, -0.2) is 21.4 Å². The molecule has 3 rings (SSSR count). The summed E-state index contributed by atoms with van der Waals surface area (Å²) < 4.78 is 1.19. The normalized spacial score (nSPS) is 10.8. The van der Waals surface area contributed by atoms with E-state index in [9.17, 15) is 14.4 Å². The Morgan fingerprint density at radius 3 is 2.64 bits per heavy atom. The maximum Gasteiger partial charge on any atom is 0.262 e. The van der Waals surface area contributed by atoms with Crippen LogP contribution in [0.4, 0.5) is 5.69 Å². The van der Waals surface area contributed by atoms with Crippen molar-refractivity contribution in [3.05, 3.63) is 56.4 Å². The molecule has 0 aliphatic carbocycles. The maximum atomic E-state index is 12.6. The van der Waals surface area contributed by atoms with E-state index in [1.54, 1.807) is 31.2 Å². The Labute approximate surface area is 151 Å². The van der Waals surface area contributed by atoms with Crippen LogP contribution in [0.2, 0.25) is 5.02 Å². The molecule has 25 heavy (non-hydrogen) atoms. The van der Waals surface area contributed by atoms with Crippen molar-refractivity contribution in [3.8, 4) is 0 Å². The number of benzene rings is 1. The average molecular weight is 377 g/mol. The lowest BCUT2D eigenvalue weighted by Crippen LogP contribution is -2.27. The first kappa shape index (κ1) is 17.1. The third-order valence-corrected chi connectivity index (χ3v) is 5.05. The first-order valence-corrected chi connectivity index (χ1v) is 8.40. The Bertz CT molecular complexity index is 1040. The molecule has 9 heteroatoms. The van der Waals surface area contributed by atoms with Crippen LogP contribution in [0, 0.1) is 6.92 Å². The number of hydrogen-bond donors (Lipinski definition) is 2. The molecule has 2 aromatic heterocycles. The molecular weight excluding hydrogens is 364 g/mol. The lowest BCUT2D eigenvalue weighted by Gasteiger charge is -2.07. The van der Waals surface area contributed by atoms with E-state index in [4.69, 9.17) is 17.3 Å². The van der Waals surface area contributed by atoms with Gasteiger partial charge in [-0.3, -0.25) is 19.0 Å². The van der Waals surface area contributed by atoms with Gasteiger partial charge in [0.25, 0.3) is 11.5 Å². The van der Waals surface area contributed by atoms with Crippen LogP contribution in [0.25, 0.3) is 10.2 Å². The van der Waals surface area contributed by atoms with Gasteiger partial charge in [-0.05, 0) is 36.8 Å². The monoisotopic (exact) mass is 376 g/mol. The lowest BCUT2D eigenvalue weighted by molar-refractivity contribution is -0.116. The minimum Gasteiger partial charge on any atom is -0.365 e. The summed E-state index contributed by atoms with van der Waals surface area (Å²) >= 11 is 6.86. The van der Waals surface area contributed by atoms with E-state index in [2.05, 4.69) is 10.3 Å². The number of hydrogen-bond acceptors (Lipinski definition) is 5. The standard InChI is InChI=1S/C16H13ClN4O3S/c1-8-12-15(25-13(8)14(18)23)19-7-21(16(12)24)6-11(22)20-10-4-2-9(17)3-5-10/h2-5,7H,6H2,1H3,(H2,18,23)(H,20,22). The highest BCUT2D eigenvalue weighted by Crippen LogP contribution is 2.26. The van der Waals surface area contributed by atoms with Crippen molar-refractivity contribution < 1.29 is 9.59 Å². The number of carbonyl (C=O) groups excluding carboxylic acids is 2. The van der Waals surface area contributed by atoms with Gasteiger partial charge >= 0.3 is 0 Å². The fourth-order valence-corrected chi connectivity index (χ4v) is 3.51. The van der Waals surface area contributed by atoms with Crippen LogP contribution >= 0.6 is 22.9 Å². The zero-order valence-electron chi connectivity index (χ0n) is 13.1. The smallest absolute Gasteiger partial charge is 0.262 e. The van der Waals surface area contributed by atoms with Crippen molar-refractivity contribution in [2.24, 2.45) is 5.73 Å². The van der Waals surface area contributed by atoms with Gasteiger partial charge in [0.05, 0.1) is 16.6 Å². The summed E-state index contributed by atoms with van der Waals surface area (Å²) in [5.41, 5.74) is 5.97. The van der Waals surface area contributed by atoms with Crippen molar-refractivity contribution in [2.75, 3.05) is 5.32 Å². The summed E-state index contributed by atoms with van der Waals surface area (Å²) in [6.07, 6.45) is 1.28. The number of rotatable bonds is 4. The predicted molar refractivity (Wildman–Crippen MR) is 97.2 cm³/mol. The van der Waals surface area contributed by atoms with E-state index in [1.807, 2.05) is 0 Å². The number of nitrogens with zero attached hydrogens (tertiary/aromatic N) is 2. The number of thiophene rings is 1. The van der Waals surface area contributed by atoms with Crippen LogP contribution in [0.5, 0.6) is 0 Å². The predicted octanol–water partition coefficient (Wildman–Crippen LogP) is 2.16. The van der Waals surface area contributed by atoms with Gasteiger partial charge in [0.15, 0.2) is 0 Å². The highest BCUT2D eigenvalue weighted by atomic mass is 35.5.